The van der Waals surface area contributed by atoms with Crippen LogP contribution in [0, 0.1) is 0 Å². The number of nitrogens with two attached hydrogens (primary N) is 3. The van der Waals surface area contributed by atoms with E-state index in [1.54, 1.807) is 18.3 Å². The van der Waals surface area contributed by atoms with Crippen molar-refractivity contribution in [3.63, 3.8) is 0 Å². The van der Waals surface area contributed by atoms with Gasteiger partial charge in [-0.05, 0) is 55.5 Å². The largest absolute Gasteiger partial charge is 0.508 e. The van der Waals surface area contributed by atoms with Crippen LogP contribution >= 0.6 is 0 Å². The molecule has 14 nitrogen and oxygen atoms in total. The summed E-state index contributed by atoms with van der Waals surface area (Å²) >= 11 is 0. The number of H-pyrrole nitrogens is 1. The summed E-state index contributed by atoms with van der Waals surface area (Å²) in [5.74, 6) is -3.25. The third-order valence-electron chi connectivity index (χ3n) is 6.77. The highest BCUT2D eigenvalue weighted by molar-refractivity contribution is 5.94. The van der Waals surface area contributed by atoms with Crippen molar-refractivity contribution < 1.29 is 29.4 Å². The Bertz CT molecular complexity index is 1450. The number of aliphatic imine (C=N–C) groups is 1. The number of aromatic nitrogens is 1. The van der Waals surface area contributed by atoms with Gasteiger partial charge in [-0.3, -0.25) is 19.4 Å². The van der Waals surface area contributed by atoms with Gasteiger partial charge in [0.25, 0.3) is 0 Å². The lowest BCUT2D eigenvalue weighted by molar-refractivity contribution is -0.142. The molecule has 0 spiro atoms. The fourth-order valence-electron chi connectivity index (χ4n) is 4.43. The molecule has 3 aromatic rings. The van der Waals surface area contributed by atoms with Crippen LogP contribution < -0.4 is 33.2 Å². The number of hydrogen-bond acceptors (Lipinski definition) is 7. The number of para-hydroxylation sites is 1. The Kier molecular flexibility index (Phi) is 11.5. The van der Waals surface area contributed by atoms with Crippen molar-refractivity contribution in [2.45, 2.75) is 56.8 Å². The van der Waals surface area contributed by atoms with E-state index in [0.717, 1.165) is 10.9 Å². The van der Waals surface area contributed by atoms with Crippen molar-refractivity contribution in [2.24, 2.45) is 22.2 Å². The van der Waals surface area contributed by atoms with Crippen LogP contribution in [-0.4, -0.2) is 75.6 Å². The van der Waals surface area contributed by atoms with Crippen LogP contribution in [0.3, 0.4) is 0 Å². The number of carbonyl (C=O) groups is 4. The zero-order valence-corrected chi connectivity index (χ0v) is 23.7. The van der Waals surface area contributed by atoms with E-state index in [0.29, 0.717) is 17.5 Å². The molecular formula is C29H38N8O6. The zero-order chi connectivity index (χ0) is 31.5. The van der Waals surface area contributed by atoms with Crippen molar-refractivity contribution in [3.05, 3.63) is 65.9 Å². The molecule has 0 aliphatic carbocycles. The molecule has 0 fully saturated rings. The van der Waals surface area contributed by atoms with Crippen LogP contribution in [0.25, 0.3) is 10.9 Å². The highest BCUT2D eigenvalue weighted by atomic mass is 16.4. The van der Waals surface area contributed by atoms with E-state index in [4.69, 9.17) is 17.2 Å². The lowest BCUT2D eigenvalue weighted by Gasteiger charge is -2.23. The van der Waals surface area contributed by atoms with E-state index in [2.05, 4.69) is 25.9 Å². The molecule has 3 amide bonds. The average molecular weight is 595 g/mol. The van der Waals surface area contributed by atoms with Crippen molar-refractivity contribution in [1.82, 2.24) is 20.9 Å². The number of phenols is 1. The number of fused-ring (bicyclic) bond motifs is 1. The SMILES string of the molecule is CC(NC(=O)C(CCCN=C(N)N)NC(=O)C(N)Cc1ccc(O)cc1)C(=O)NC(Cc1c[nH]c2ccccc12)C(=O)O. The Morgan fingerprint density at radius 2 is 1.58 bits per heavy atom. The summed E-state index contributed by atoms with van der Waals surface area (Å²) in [6.07, 6.45) is 2.33. The summed E-state index contributed by atoms with van der Waals surface area (Å²) in [5.41, 5.74) is 19.1. The predicted octanol–water partition coefficient (Wildman–Crippen LogP) is -0.401. The van der Waals surface area contributed by atoms with Crippen LogP contribution in [0.1, 0.15) is 30.9 Å². The standard InChI is InChI=1S/C29H38N8O6/c1-16(25(39)37-24(28(42)43)14-18-15-34-22-6-3-2-5-20(18)22)35-27(41)23(7-4-12-33-29(31)32)36-26(40)21(30)13-17-8-10-19(38)11-9-17/h2-3,5-6,8-11,15-16,21,23-24,34,38H,4,7,12-14,30H2,1H3,(H,35,41)(H,36,40)(H,37,39)(H,42,43)(H4,31,32,33). The number of carboxylic acids is 1. The molecule has 4 unspecified atom stereocenters. The van der Waals surface area contributed by atoms with Crippen molar-refractivity contribution in [3.8, 4) is 5.75 Å². The zero-order valence-electron chi connectivity index (χ0n) is 23.7. The van der Waals surface area contributed by atoms with Gasteiger partial charge in [-0.15, -0.1) is 0 Å². The van der Waals surface area contributed by atoms with Gasteiger partial charge in [0, 0.05) is 30.1 Å². The average Bonchev–Trinajstić information content (AvgIpc) is 3.37. The van der Waals surface area contributed by atoms with Gasteiger partial charge in [-0.1, -0.05) is 30.3 Å². The molecule has 0 aliphatic heterocycles. The van der Waals surface area contributed by atoms with E-state index < -0.39 is 47.9 Å². The number of guanidine groups is 1. The van der Waals surface area contributed by atoms with Crippen LogP contribution in [0.2, 0.25) is 0 Å². The third kappa shape index (κ3) is 9.74. The number of phenolic OH excluding ortho intramolecular Hbond substituents is 1. The van der Waals surface area contributed by atoms with Gasteiger partial charge in [0.2, 0.25) is 17.7 Å². The first kappa shape index (κ1) is 32.4. The van der Waals surface area contributed by atoms with Gasteiger partial charge in [0.1, 0.15) is 23.9 Å². The summed E-state index contributed by atoms with van der Waals surface area (Å²) in [6.45, 7) is 1.61. The topological polar surface area (TPSA) is 251 Å². The molecule has 0 saturated carbocycles. The number of hydrogen-bond donors (Lipinski definition) is 9. The number of rotatable bonds is 15. The fraction of sp³-hybridized carbons (Fsp3) is 0.345. The summed E-state index contributed by atoms with van der Waals surface area (Å²) in [4.78, 5) is 57.9. The molecule has 1 heterocycles. The molecule has 230 valence electrons. The third-order valence-corrected chi connectivity index (χ3v) is 6.77. The maximum atomic E-state index is 13.2. The molecule has 12 N–H and O–H groups in total. The van der Waals surface area contributed by atoms with Crippen molar-refractivity contribution >= 4 is 40.6 Å². The van der Waals surface area contributed by atoms with Crippen molar-refractivity contribution in [2.75, 3.05) is 6.54 Å². The number of nitrogens with zero attached hydrogens (tertiary/aromatic N) is 1. The molecule has 0 saturated heterocycles. The van der Waals surface area contributed by atoms with E-state index in [1.807, 2.05) is 24.3 Å². The smallest absolute Gasteiger partial charge is 0.326 e. The Labute approximate surface area is 248 Å². The first-order valence-electron chi connectivity index (χ1n) is 13.7. The molecule has 0 bridgehead atoms. The van der Waals surface area contributed by atoms with E-state index >= 15 is 0 Å². The number of aromatic hydroxyl groups is 1. The lowest BCUT2D eigenvalue weighted by atomic mass is 10.0. The number of aliphatic carboxylic acids is 1. The molecule has 14 heteroatoms. The van der Waals surface area contributed by atoms with Gasteiger partial charge < -0.3 is 48.3 Å². The number of benzene rings is 2. The predicted molar refractivity (Wildman–Crippen MR) is 161 cm³/mol. The molecule has 4 atom stereocenters. The second-order valence-electron chi connectivity index (χ2n) is 10.2. The summed E-state index contributed by atoms with van der Waals surface area (Å²) in [6, 6.07) is 9.14. The number of nitrogens with one attached hydrogen (secondary N) is 4. The maximum absolute atomic E-state index is 13.2. The number of amides is 3. The summed E-state index contributed by atoms with van der Waals surface area (Å²) in [7, 11) is 0. The normalized spacial score (nSPS) is 13.7. The van der Waals surface area contributed by atoms with E-state index in [1.165, 1.54) is 19.1 Å². The molecule has 1 aromatic heterocycles. The summed E-state index contributed by atoms with van der Waals surface area (Å²) in [5, 5.41) is 27.7. The monoisotopic (exact) mass is 594 g/mol. The molecule has 2 aromatic carbocycles. The second-order valence-corrected chi connectivity index (χ2v) is 10.2. The lowest BCUT2D eigenvalue weighted by Crippen LogP contribution is -2.56. The maximum Gasteiger partial charge on any atom is 0.326 e. The Hall–Kier alpha value is -5.11. The van der Waals surface area contributed by atoms with Crippen LogP contribution in [0.5, 0.6) is 5.75 Å². The molecule has 3 rings (SSSR count). The number of carbonyl (C=O) groups excluding carboxylic acids is 3. The minimum absolute atomic E-state index is 0.0220. The highest BCUT2D eigenvalue weighted by Crippen LogP contribution is 2.19. The van der Waals surface area contributed by atoms with E-state index in [-0.39, 0.29) is 37.5 Å². The first-order valence-corrected chi connectivity index (χ1v) is 13.7. The molecule has 43 heavy (non-hydrogen) atoms. The van der Waals surface area contributed by atoms with Gasteiger partial charge >= 0.3 is 5.97 Å². The Morgan fingerprint density at radius 1 is 0.907 bits per heavy atom. The summed E-state index contributed by atoms with van der Waals surface area (Å²) < 4.78 is 0. The second kappa shape index (κ2) is 15.2. The van der Waals surface area contributed by atoms with Gasteiger partial charge in [-0.25, -0.2) is 4.79 Å². The highest BCUT2D eigenvalue weighted by Gasteiger charge is 2.29. The van der Waals surface area contributed by atoms with Crippen LogP contribution in [-0.2, 0) is 32.0 Å². The van der Waals surface area contributed by atoms with Crippen LogP contribution in [0.4, 0.5) is 0 Å². The quantitative estimate of drug-likeness (QED) is 0.0629. The van der Waals surface area contributed by atoms with Gasteiger partial charge in [-0.2, -0.15) is 0 Å². The van der Waals surface area contributed by atoms with Gasteiger partial charge in [0.05, 0.1) is 6.04 Å². The minimum Gasteiger partial charge on any atom is -0.508 e. The minimum atomic E-state index is -1.25. The van der Waals surface area contributed by atoms with Crippen molar-refractivity contribution in [1.29, 1.82) is 0 Å². The molecule has 0 aliphatic rings. The number of aromatic amines is 1. The Morgan fingerprint density at radius 3 is 2.26 bits per heavy atom. The van der Waals surface area contributed by atoms with Crippen LogP contribution in [0.15, 0.2) is 59.7 Å². The fourth-order valence-corrected chi connectivity index (χ4v) is 4.43. The molecular weight excluding hydrogens is 556 g/mol. The Balaban J connectivity index is 1.63. The van der Waals surface area contributed by atoms with Gasteiger partial charge in [0.15, 0.2) is 5.96 Å². The first-order chi connectivity index (χ1) is 20.4. The number of carboxylic acid groups (broad SMARTS) is 1. The van der Waals surface area contributed by atoms with E-state index in [9.17, 15) is 29.4 Å². The molecule has 0 radical (unpaired) electrons.